The van der Waals surface area contributed by atoms with Gasteiger partial charge in [0, 0.05) is 5.54 Å². The number of carbonyl (C=O) groups is 1. The summed E-state index contributed by atoms with van der Waals surface area (Å²) in [6.45, 7) is 7.14. The van der Waals surface area contributed by atoms with E-state index in [2.05, 4.69) is 4.72 Å². The van der Waals surface area contributed by atoms with Crippen LogP contribution in [0.5, 0.6) is 0 Å². The average Bonchev–Trinajstić information content (AvgIpc) is 3.14. The summed E-state index contributed by atoms with van der Waals surface area (Å²) in [4.78, 5) is 11.2. The summed E-state index contributed by atoms with van der Waals surface area (Å²) in [6, 6.07) is 2.72. The Balaban J connectivity index is 2.46. The van der Waals surface area contributed by atoms with E-state index in [9.17, 15) is 13.2 Å². The Morgan fingerprint density at radius 3 is 2.33 bits per heavy atom. The third-order valence-corrected chi connectivity index (χ3v) is 5.95. The topological polar surface area (TPSA) is 83.5 Å². The summed E-state index contributed by atoms with van der Waals surface area (Å²) in [7, 11) is -3.75. The minimum Gasteiger partial charge on any atom is -0.478 e. The fourth-order valence-electron chi connectivity index (χ4n) is 2.52. The van der Waals surface area contributed by atoms with Gasteiger partial charge in [0.15, 0.2) is 0 Å². The van der Waals surface area contributed by atoms with Crippen molar-refractivity contribution in [3.05, 3.63) is 28.8 Å². The highest BCUT2D eigenvalue weighted by molar-refractivity contribution is 7.89. The highest BCUT2D eigenvalue weighted by Crippen LogP contribution is 2.40. The van der Waals surface area contributed by atoms with E-state index in [0.717, 1.165) is 12.8 Å². The predicted octanol–water partition coefficient (Wildman–Crippen LogP) is 2.47. The first-order chi connectivity index (χ1) is 9.54. The Bertz CT molecular complexity index is 688. The maximum absolute atomic E-state index is 12.6. The smallest absolute Gasteiger partial charge is 0.335 e. The van der Waals surface area contributed by atoms with Crippen molar-refractivity contribution < 1.29 is 18.3 Å². The maximum Gasteiger partial charge on any atom is 0.335 e. The van der Waals surface area contributed by atoms with Crippen LogP contribution in [0.25, 0.3) is 0 Å². The van der Waals surface area contributed by atoms with Gasteiger partial charge in [-0.15, -0.1) is 0 Å². The number of hydrogen-bond donors (Lipinski definition) is 2. The van der Waals surface area contributed by atoms with Crippen molar-refractivity contribution in [1.29, 1.82) is 0 Å². The molecule has 5 nitrogen and oxygen atoms in total. The fourth-order valence-corrected chi connectivity index (χ4v) is 4.33. The number of sulfonamides is 1. The molecule has 2 rings (SSSR count). The lowest BCUT2D eigenvalue weighted by molar-refractivity contribution is 0.0696. The minimum absolute atomic E-state index is 0.0114. The molecule has 0 spiro atoms. The van der Waals surface area contributed by atoms with Crippen LogP contribution in [0, 0.1) is 19.8 Å². The van der Waals surface area contributed by atoms with E-state index >= 15 is 0 Å². The van der Waals surface area contributed by atoms with Crippen LogP contribution in [0.2, 0.25) is 0 Å². The molecule has 0 aromatic heterocycles. The SMILES string of the molecule is Cc1cc(C(=O)O)cc(S(=O)(=O)NC(C)(C)C2CC2)c1C. The molecule has 0 unspecified atom stereocenters. The van der Waals surface area contributed by atoms with Gasteiger partial charge in [-0.05, 0) is 69.7 Å². The number of benzene rings is 1. The number of nitrogens with one attached hydrogen (secondary N) is 1. The molecular formula is C15H21NO4S. The van der Waals surface area contributed by atoms with E-state index in [1.807, 2.05) is 13.8 Å². The Kier molecular flexibility index (Phi) is 3.88. The van der Waals surface area contributed by atoms with Crippen LogP contribution in [0.15, 0.2) is 17.0 Å². The quantitative estimate of drug-likeness (QED) is 0.875. The van der Waals surface area contributed by atoms with E-state index in [0.29, 0.717) is 17.0 Å². The lowest BCUT2D eigenvalue weighted by atomic mass is 10.0. The van der Waals surface area contributed by atoms with Gasteiger partial charge in [0.2, 0.25) is 10.0 Å². The second kappa shape index (κ2) is 5.10. The van der Waals surface area contributed by atoms with Crippen molar-refractivity contribution in [2.45, 2.75) is 51.0 Å². The second-order valence-electron chi connectivity index (χ2n) is 6.32. The molecule has 0 radical (unpaired) electrons. The van der Waals surface area contributed by atoms with Gasteiger partial charge < -0.3 is 5.11 Å². The number of hydrogen-bond acceptors (Lipinski definition) is 3. The van der Waals surface area contributed by atoms with Crippen LogP contribution in [0.1, 0.15) is 48.2 Å². The zero-order valence-corrected chi connectivity index (χ0v) is 13.5. The van der Waals surface area contributed by atoms with Crippen molar-refractivity contribution >= 4 is 16.0 Å². The van der Waals surface area contributed by atoms with Crippen LogP contribution in [0.3, 0.4) is 0 Å². The van der Waals surface area contributed by atoms with Gasteiger partial charge in [-0.3, -0.25) is 0 Å². The summed E-state index contributed by atoms with van der Waals surface area (Å²) < 4.78 is 28.0. The first kappa shape index (κ1) is 16.0. The molecule has 0 bridgehead atoms. The first-order valence-electron chi connectivity index (χ1n) is 6.93. The van der Waals surface area contributed by atoms with Crippen LogP contribution in [-0.4, -0.2) is 25.0 Å². The Morgan fingerprint density at radius 2 is 1.86 bits per heavy atom. The standard InChI is InChI=1S/C15H21NO4S/c1-9-7-11(14(17)18)8-13(10(9)2)21(19,20)16-15(3,4)12-5-6-12/h7-8,12,16H,5-6H2,1-4H3,(H,17,18). The molecule has 0 saturated heterocycles. The highest BCUT2D eigenvalue weighted by Gasteiger charge is 2.41. The van der Waals surface area contributed by atoms with Gasteiger partial charge in [0.05, 0.1) is 10.5 Å². The van der Waals surface area contributed by atoms with E-state index in [1.165, 1.54) is 12.1 Å². The molecule has 0 aliphatic heterocycles. The molecular weight excluding hydrogens is 290 g/mol. The lowest BCUT2D eigenvalue weighted by Gasteiger charge is -2.26. The van der Waals surface area contributed by atoms with E-state index < -0.39 is 21.5 Å². The molecule has 0 heterocycles. The Hall–Kier alpha value is -1.40. The number of carboxylic acids is 1. The molecule has 6 heteroatoms. The predicted molar refractivity (Wildman–Crippen MR) is 80.0 cm³/mol. The van der Waals surface area contributed by atoms with Crippen molar-refractivity contribution in [1.82, 2.24) is 4.72 Å². The first-order valence-corrected chi connectivity index (χ1v) is 8.41. The molecule has 1 saturated carbocycles. The number of aryl methyl sites for hydroxylation is 1. The van der Waals surface area contributed by atoms with E-state index in [-0.39, 0.29) is 10.5 Å². The van der Waals surface area contributed by atoms with Crippen molar-refractivity contribution in [3.63, 3.8) is 0 Å². The largest absolute Gasteiger partial charge is 0.478 e. The Labute approximate surface area is 125 Å². The zero-order chi connectivity index (χ0) is 16.0. The third kappa shape index (κ3) is 3.27. The van der Waals surface area contributed by atoms with Gasteiger partial charge >= 0.3 is 5.97 Å². The molecule has 0 amide bonds. The van der Waals surface area contributed by atoms with Crippen LogP contribution >= 0.6 is 0 Å². The number of rotatable bonds is 5. The number of aromatic carboxylic acids is 1. The molecule has 1 aromatic rings. The maximum atomic E-state index is 12.6. The molecule has 2 N–H and O–H groups in total. The van der Waals surface area contributed by atoms with Crippen LogP contribution in [0.4, 0.5) is 0 Å². The number of carboxylic acid groups (broad SMARTS) is 1. The van der Waals surface area contributed by atoms with Gasteiger partial charge in [-0.25, -0.2) is 17.9 Å². The molecule has 1 aromatic carbocycles. The Morgan fingerprint density at radius 1 is 1.29 bits per heavy atom. The second-order valence-corrected chi connectivity index (χ2v) is 7.97. The monoisotopic (exact) mass is 311 g/mol. The van der Waals surface area contributed by atoms with Crippen LogP contribution < -0.4 is 4.72 Å². The summed E-state index contributed by atoms with van der Waals surface area (Å²) in [5, 5.41) is 9.11. The van der Waals surface area contributed by atoms with Crippen molar-refractivity contribution in [2.24, 2.45) is 5.92 Å². The lowest BCUT2D eigenvalue weighted by Crippen LogP contribution is -2.45. The van der Waals surface area contributed by atoms with Crippen LogP contribution in [-0.2, 0) is 10.0 Å². The summed E-state index contributed by atoms with van der Waals surface area (Å²) in [5.74, 6) is -0.785. The van der Waals surface area contributed by atoms with Gasteiger partial charge in [0.1, 0.15) is 0 Å². The summed E-state index contributed by atoms with van der Waals surface area (Å²) >= 11 is 0. The zero-order valence-electron chi connectivity index (χ0n) is 12.7. The molecule has 0 atom stereocenters. The van der Waals surface area contributed by atoms with Crippen molar-refractivity contribution in [3.8, 4) is 0 Å². The third-order valence-electron chi connectivity index (χ3n) is 4.15. The average molecular weight is 311 g/mol. The van der Waals surface area contributed by atoms with E-state index in [4.69, 9.17) is 5.11 Å². The summed E-state index contributed by atoms with van der Waals surface area (Å²) in [6.07, 6.45) is 2.03. The van der Waals surface area contributed by atoms with Gasteiger partial charge in [0.25, 0.3) is 0 Å². The highest BCUT2D eigenvalue weighted by atomic mass is 32.2. The van der Waals surface area contributed by atoms with Gasteiger partial charge in [-0.2, -0.15) is 0 Å². The minimum atomic E-state index is -3.75. The molecule has 1 aliphatic carbocycles. The van der Waals surface area contributed by atoms with Crippen molar-refractivity contribution in [2.75, 3.05) is 0 Å². The fraction of sp³-hybridized carbons (Fsp3) is 0.533. The molecule has 1 fully saturated rings. The summed E-state index contributed by atoms with van der Waals surface area (Å²) in [5.41, 5.74) is 0.708. The normalized spacial score (nSPS) is 16.0. The molecule has 1 aliphatic rings. The van der Waals surface area contributed by atoms with Gasteiger partial charge in [-0.1, -0.05) is 0 Å². The van der Waals surface area contributed by atoms with E-state index in [1.54, 1.807) is 13.8 Å². The molecule has 21 heavy (non-hydrogen) atoms. The molecule has 116 valence electrons.